The smallest absolute Gasteiger partial charge is 0.233 e. The number of thiazole rings is 1. The Morgan fingerprint density at radius 3 is 2.76 bits per heavy atom. The minimum Gasteiger partial charge on any atom is -0.358 e. The van der Waals surface area contributed by atoms with Crippen LogP contribution in [0.3, 0.4) is 0 Å². The standard InChI is InChI=1S/C11H20N4OS/c1-4-15(5-2)11-14-7-9(17-11)6-13-8-10(16)12-3/h7,13H,4-6,8H2,1-3H3,(H,12,16). The molecule has 5 nitrogen and oxygen atoms in total. The maximum Gasteiger partial charge on any atom is 0.233 e. The molecule has 0 saturated heterocycles. The zero-order valence-corrected chi connectivity index (χ0v) is 11.4. The first-order valence-electron chi connectivity index (χ1n) is 5.82. The molecule has 0 aromatic carbocycles. The van der Waals surface area contributed by atoms with E-state index in [9.17, 15) is 4.79 Å². The number of hydrogen-bond donors (Lipinski definition) is 2. The summed E-state index contributed by atoms with van der Waals surface area (Å²) in [7, 11) is 1.63. The lowest BCUT2D eigenvalue weighted by Gasteiger charge is -2.16. The molecule has 1 rings (SSSR count). The van der Waals surface area contributed by atoms with Gasteiger partial charge in [0.15, 0.2) is 5.13 Å². The van der Waals surface area contributed by atoms with Crippen LogP contribution in [-0.4, -0.2) is 37.6 Å². The molecule has 0 aliphatic carbocycles. The van der Waals surface area contributed by atoms with E-state index in [1.807, 2.05) is 6.20 Å². The number of rotatable bonds is 7. The number of aromatic nitrogens is 1. The van der Waals surface area contributed by atoms with Crippen LogP contribution in [0.5, 0.6) is 0 Å². The summed E-state index contributed by atoms with van der Waals surface area (Å²) >= 11 is 1.67. The maximum absolute atomic E-state index is 11.0. The molecule has 0 aliphatic heterocycles. The summed E-state index contributed by atoms with van der Waals surface area (Å²) in [5.41, 5.74) is 0. The average Bonchev–Trinajstić information content (AvgIpc) is 2.79. The first-order valence-corrected chi connectivity index (χ1v) is 6.63. The fraction of sp³-hybridized carbons (Fsp3) is 0.636. The third-order valence-electron chi connectivity index (χ3n) is 2.44. The Morgan fingerprint density at radius 1 is 1.47 bits per heavy atom. The van der Waals surface area contributed by atoms with E-state index in [1.165, 1.54) is 0 Å². The molecule has 96 valence electrons. The van der Waals surface area contributed by atoms with Gasteiger partial charge in [0.1, 0.15) is 0 Å². The summed E-state index contributed by atoms with van der Waals surface area (Å²) in [6, 6.07) is 0. The monoisotopic (exact) mass is 256 g/mol. The molecule has 1 aromatic heterocycles. The molecule has 0 aliphatic rings. The molecular formula is C11H20N4OS. The van der Waals surface area contributed by atoms with E-state index in [2.05, 4.69) is 34.4 Å². The fourth-order valence-corrected chi connectivity index (χ4v) is 2.41. The molecule has 1 amide bonds. The quantitative estimate of drug-likeness (QED) is 0.758. The molecule has 1 aromatic rings. The Morgan fingerprint density at radius 2 is 2.18 bits per heavy atom. The number of carbonyl (C=O) groups excluding carboxylic acids is 1. The predicted octanol–water partition coefficient (Wildman–Crippen LogP) is 0.825. The molecule has 0 bridgehead atoms. The highest BCUT2D eigenvalue weighted by molar-refractivity contribution is 7.15. The lowest BCUT2D eigenvalue weighted by Crippen LogP contribution is -2.30. The molecule has 0 saturated carbocycles. The van der Waals surface area contributed by atoms with E-state index in [4.69, 9.17) is 0 Å². The summed E-state index contributed by atoms with van der Waals surface area (Å²) in [6.07, 6.45) is 1.87. The van der Waals surface area contributed by atoms with Gasteiger partial charge in [0.2, 0.25) is 5.91 Å². The van der Waals surface area contributed by atoms with Crippen LogP contribution in [0.4, 0.5) is 5.13 Å². The Hall–Kier alpha value is -1.14. The van der Waals surface area contributed by atoms with Gasteiger partial charge in [-0.05, 0) is 13.8 Å². The van der Waals surface area contributed by atoms with Gasteiger partial charge in [-0.2, -0.15) is 0 Å². The maximum atomic E-state index is 11.0. The van der Waals surface area contributed by atoms with Crippen molar-refractivity contribution in [3.8, 4) is 0 Å². The molecule has 0 radical (unpaired) electrons. The lowest BCUT2D eigenvalue weighted by atomic mass is 10.5. The first kappa shape index (κ1) is 13.9. The van der Waals surface area contributed by atoms with Crippen LogP contribution >= 0.6 is 11.3 Å². The Bertz CT molecular complexity index is 349. The van der Waals surface area contributed by atoms with Crippen molar-refractivity contribution in [2.75, 3.05) is 31.6 Å². The molecular weight excluding hydrogens is 236 g/mol. The first-order chi connectivity index (χ1) is 8.21. The second-order valence-electron chi connectivity index (χ2n) is 3.56. The van der Waals surface area contributed by atoms with E-state index in [0.717, 1.165) is 23.1 Å². The molecule has 0 spiro atoms. The van der Waals surface area contributed by atoms with Crippen molar-refractivity contribution in [3.05, 3.63) is 11.1 Å². The summed E-state index contributed by atoms with van der Waals surface area (Å²) in [5.74, 6) is -0.00141. The van der Waals surface area contributed by atoms with E-state index in [1.54, 1.807) is 18.4 Å². The molecule has 0 fully saturated rings. The molecule has 1 heterocycles. The van der Waals surface area contributed by atoms with Gasteiger partial charge in [-0.1, -0.05) is 0 Å². The lowest BCUT2D eigenvalue weighted by molar-refractivity contribution is -0.119. The van der Waals surface area contributed by atoms with Crippen LogP contribution in [-0.2, 0) is 11.3 Å². The highest BCUT2D eigenvalue weighted by Gasteiger charge is 2.07. The summed E-state index contributed by atoms with van der Waals surface area (Å²) in [6.45, 7) is 7.20. The molecule has 17 heavy (non-hydrogen) atoms. The third-order valence-corrected chi connectivity index (χ3v) is 3.50. The largest absolute Gasteiger partial charge is 0.358 e. The Labute approximate surface area is 106 Å². The zero-order valence-electron chi connectivity index (χ0n) is 10.6. The molecule has 2 N–H and O–H groups in total. The van der Waals surface area contributed by atoms with Crippen LogP contribution in [0.2, 0.25) is 0 Å². The van der Waals surface area contributed by atoms with Crippen LogP contribution in [0.1, 0.15) is 18.7 Å². The molecule has 6 heteroatoms. The van der Waals surface area contributed by atoms with Crippen LogP contribution in [0, 0.1) is 0 Å². The summed E-state index contributed by atoms with van der Waals surface area (Å²) in [5, 5.41) is 6.70. The van der Waals surface area contributed by atoms with Gasteiger partial charge in [0.25, 0.3) is 0 Å². The second kappa shape index (κ2) is 7.24. The van der Waals surface area contributed by atoms with Gasteiger partial charge in [-0.15, -0.1) is 11.3 Å². The van der Waals surface area contributed by atoms with E-state index >= 15 is 0 Å². The topological polar surface area (TPSA) is 57.3 Å². The Balaban J connectivity index is 2.43. The average molecular weight is 256 g/mol. The second-order valence-corrected chi connectivity index (χ2v) is 4.65. The molecule has 0 unspecified atom stereocenters. The van der Waals surface area contributed by atoms with Gasteiger partial charge >= 0.3 is 0 Å². The van der Waals surface area contributed by atoms with Crippen molar-refractivity contribution >= 4 is 22.4 Å². The highest BCUT2D eigenvalue weighted by Crippen LogP contribution is 2.21. The van der Waals surface area contributed by atoms with Gasteiger partial charge < -0.3 is 15.5 Å². The number of nitrogens with zero attached hydrogens (tertiary/aromatic N) is 2. The number of likely N-dealkylation sites (N-methyl/N-ethyl adjacent to an activating group) is 1. The van der Waals surface area contributed by atoms with Crippen molar-refractivity contribution in [2.24, 2.45) is 0 Å². The Kier molecular flexibility index (Phi) is 5.93. The van der Waals surface area contributed by atoms with Crippen molar-refractivity contribution in [1.29, 1.82) is 0 Å². The van der Waals surface area contributed by atoms with E-state index < -0.39 is 0 Å². The third kappa shape index (κ3) is 4.32. The fourth-order valence-electron chi connectivity index (χ4n) is 1.41. The predicted molar refractivity (Wildman–Crippen MR) is 71.4 cm³/mol. The number of hydrogen-bond acceptors (Lipinski definition) is 5. The number of anilines is 1. The summed E-state index contributed by atoms with van der Waals surface area (Å²) < 4.78 is 0. The minimum atomic E-state index is -0.00141. The van der Waals surface area contributed by atoms with Gasteiger partial charge in [0.05, 0.1) is 6.54 Å². The van der Waals surface area contributed by atoms with Crippen LogP contribution in [0.15, 0.2) is 6.20 Å². The van der Waals surface area contributed by atoms with Crippen LogP contribution in [0.25, 0.3) is 0 Å². The van der Waals surface area contributed by atoms with Gasteiger partial charge in [-0.3, -0.25) is 4.79 Å². The van der Waals surface area contributed by atoms with Crippen molar-refractivity contribution < 1.29 is 4.79 Å². The minimum absolute atomic E-state index is 0.00141. The van der Waals surface area contributed by atoms with Gasteiger partial charge in [-0.25, -0.2) is 4.98 Å². The number of amides is 1. The zero-order chi connectivity index (χ0) is 12.7. The number of nitrogens with one attached hydrogen (secondary N) is 2. The van der Waals surface area contributed by atoms with Crippen LogP contribution < -0.4 is 15.5 Å². The van der Waals surface area contributed by atoms with E-state index in [-0.39, 0.29) is 5.91 Å². The summed E-state index contributed by atoms with van der Waals surface area (Å²) in [4.78, 5) is 18.8. The normalized spacial score (nSPS) is 10.3. The van der Waals surface area contributed by atoms with Crippen molar-refractivity contribution in [1.82, 2.24) is 15.6 Å². The number of carbonyl (C=O) groups is 1. The highest BCUT2D eigenvalue weighted by atomic mass is 32.1. The molecule has 0 atom stereocenters. The van der Waals surface area contributed by atoms with Gasteiger partial charge in [0, 0.05) is 37.8 Å². The SMILES string of the molecule is CCN(CC)c1ncc(CNCC(=O)NC)s1. The van der Waals surface area contributed by atoms with E-state index in [0.29, 0.717) is 13.1 Å². The van der Waals surface area contributed by atoms with Crippen molar-refractivity contribution in [2.45, 2.75) is 20.4 Å². The van der Waals surface area contributed by atoms with Crippen molar-refractivity contribution in [3.63, 3.8) is 0 Å².